The molecule has 0 atom stereocenters. The summed E-state index contributed by atoms with van der Waals surface area (Å²) in [5.74, 6) is 0.566. The van der Waals surface area contributed by atoms with E-state index in [4.69, 9.17) is 4.74 Å². The van der Waals surface area contributed by atoms with E-state index in [2.05, 4.69) is 25.5 Å². The minimum absolute atomic E-state index is 0.141. The van der Waals surface area contributed by atoms with Crippen LogP contribution in [0, 0.1) is 0 Å². The van der Waals surface area contributed by atoms with Crippen LogP contribution in [0.3, 0.4) is 0 Å². The van der Waals surface area contributed by atoms with Crippen LogP contribution in [0.15, 0.2) is 36.7 Å². The molecule has 0 bridgehead atoms. The average Bonchev–Trinajstić information content (AvgIpc) is 2.71. The van der Waals surface area contributed by atoms with Gasteiger partial charge in [0, 0.05) is 32.2 Å². The Morgan fingerprint density at radius 3 is 2.64 bits per heavy atom. The highest BCUT2D eigenvalue weighted by atomic mass is 19.4. The Kier molecular flexibility index (Phi) is 6.30. The number of morpholine rings is 1. The molecule has 0 spiro atoms. The monoisotopic (exact) mass is 395 g/mol. The number of anilines is 2. The Hall–Kier alpha value is -2.88. The van der Waals surface area contributed by atoms with Gasteiger partial charge in [0.1, 0.15) is 18.0 Å². The maximum absolute atomic E-state index is 13.0. The molecule has 1 aromatic heterocycles. The van der Waals surface area contributed by atoms with Crippen LogP contribution in [0.2, 0.25) is 0 Å². The van der Waals surface area contributed by atoms with Crippen LogP contribution in [0.1, 0.15) is 15.9 Å². The Morgan fingerprint density at radius 2 is 1.89 bits per heavy atom. The van der Waals surface area contributed by atoms with Gasteiger partial charge >= 0.3 is 6.18 Å². The van der Waals surface area contributed by atoms with Crippen LogP contribution in [0.5, 0.6) is 0 Å². The number of hydrogen-bond donors (Lipinski definition) is 2. The molecular formula is C18H20F3N5O2. The molecule has 10 heteroatoms. The SMILES string of the molecule is O=C(NCCNc1cc(N2CCOCC2)ncn1)c1ccccc1C(F)(F)F. The van der Waals surface area contributed by atoms with Gasteiger partial charge in [-0.1, -0.05) is 12.1 Å². The van der Waals surface area contributed by atoms with E-state index >= 15 is 0 Å². The number of ether oxygens (including phenoxy) is 1. The third-order valence-electron chi connectivity index (χ3n) is 4.18. The highest BCUT2D eigenvalue weighted by molar-refractivity contribution is 5.95. The molecule has 2 aromatic rings. The average molecular weight is 395 g/mol. The lowest BCUT2D eigenvalue weighted by atomic mass is 10.1. The van der Waals surface area contributed by atoms with E-state index in [1.165, 1.54) is 18.5 Å². The summed E-state index contributed by atoms with van der Waals surface area (Å²) in [6, 6.07) is 6.48. The predicted octanol–water partition coefficient (Wildman–Crippen LogP) is 2.17. The van der Waals surface area contributed by atoms with E-state index in [-0.39, 0.29) is 6.54 Å². The molecule has 0 aliphatic carbocycles. The normalized spacial score (nSPS) is 14.6. The number of halogens is 3. The Bertz CT molecular complexity index is 810. The molecule has 0 unspecified atom stereocenters. The van der Waals surface area contributed by atoms with Crippen molar-refractivity contribution in [2.75, 3.05) is 49.6 Å². The maximum Gasteiger partial charge on any atom is 0.417 e. The maximum atomic E-state index is 13.0. The molecule has 1 fully saturated rings. The highest BCUT2D eigenvalue weighted by Gasteiger charge is 2.34. The topological polar surface area (TPSA) is 79.4 Å². The molecular weight excluding hydrogens is 375 g/mol. The Labute approximate surface area is 159 Å². The largest absolute Gasteiger partial charge is 0.417 e. The molecule has 3 rings (SSSR count). The fraction of sp³-hybridized carbons (Fsp3) is 0.389. The van der Waals surface area contributed by atoms with E-state index in [1.807, 2.05) is 0 Å². The zero-order chi connectivity index (χ0) is 20.0. The van der Waals surface area contributed by atoms with Crippen molar-refractivity contribution in [2.45, 2.75) is 6.18 Å². The van der Waals surface area contributed by atoms with Gasteiger partial charge < -0.3 is 20.3 Å². The van der Waals surface area contributed by atoms with Crippen molar-refractivity contribution in [1.82, 2.24) is 15.3 Å². The lowest BCUT2D eigenvalue weighted by Crippen LogP contribution is -2.36. The molecule has 28 heavy (non-hydrogen) atoms. The molecule has 0 radical (unpaired) electrons. The number of nitrogens with zero attached hydrogens (tertiary/aromatic N) is 3. The van der Waals surface area contributed by atoms with Gasteiger partial charge in [-0.2, -0.15) is 13.2 Å². The van der Waals surface area contributed by atoms with Crippen LogP contribution in [0.25, 0.3) is 0 Å². The van der Waals surface area contributed by atoms with Crippen molar-refractivity contribution in [2.24, 2.45) is 0 Å². The van der Waals surface area contributed by atoms with E-state index in [1.54, 1.807) is 6.07 Å². The van der Waals surface area contributed by atoms with Gasteiger partial charge in [-0.3, -0.25) is 4.79 Å². The zero-order valence-corrected chi connectivity index (χ0v) is 15.0. The number of hydrogen-bond acceptors (Lipinski definition) is 6. The second kappa shape index (κ2) is 8.87. The fourth-order valence-electron chi connectivity index (χ4n) is 2.80. The lowest BCUT2D eigenvalue weighted by molar-refractivity contribution is -0.137. The van der Waals surface area contributed by atoms with Crippen molar-refractivity contribution in [3.63, 3.8) is 0 Å². The molecule has 2 heterocycles. The molecule has 0 saturated carbocycles. The molecule has 2 N–H and O–H groups in total. The van der Waals surface area contributed by atoms with Gasteiger partial charge in [-0.25, -0.2) is 9.97 Å². The Morgan fingerprint density at radius 1 is 1.14 bits per heavy atom. The van der Waals surface area contributed by atoms with Crippen LogP contribution in [0.4, 0.5) is 24.8 Å². The van der Waals surface area contributed by atoms with Crippen LogP contribution in [-0.4, -0.2) is 55.3 Å². The van der Waals surface area contributed by atoms with E-state index in [9.17, 15) is 18.0 Å². The number of rotatable bonds is 6. The van der Waals surface area contributed by atoms with Gasteiger partial charge in [0.05, 0.1) is 24.3 Å². The number of amides is 1. The van der Waals surface area contributed by atoms with Crippen molar-refractivity contribution < 1.29 is 22.7 Å². The number of benzene rings is 1. The molecule has 1 aliphatic heterocycles. The second-order valence-electron chi connectivity index (χ2n) is 6.09. The summed E-state index contributed by atoms with van der Waals surface area (Å²) in [7, 11) is 0. The van der Waals surface area contributed by atoms with Crippen molar-refractivity contribution in [3.05, 3.63) is 47.8 Å². The summed E-state index contributed by atoms with van der Waals surface area (Å²) in [6.07, 6.45) is -3.14. The first-order valence-corrected chi connectivity index (χ1v) is 8.78. The molecule has 1 aromatic carbocycles. The lowest BCUT2D eigenvalue weighted by Gasteiger charge is -2.27. The van der Waals surface area contributed by atoms with E-state index in [0.29, 0.717) is 25.6 Å². The molecule has 1 aliphatic rings. The van der Waals surface area contributed by atoms with E-state index in [0.717, 1.165) is 31.0 Å². The molecule has 150 valence electrons. The van der Waals surface area contributed by atoms with Crippen LogP contribution in [-0.2, 0) is 10.9 Å². The number of carbonyl (C=O) groups is 1. The highest BCUT2D eigenvalue weighted by Crippen LogP contribution is 2.31. The van der Waals surface area contributed by atoms with Gasteiger partial charge in [0.2, 0.25) is 0 Å². The standard InChI is InChI=1S/C18H20F3N5O2/c19-18(20,21)14-4-2-1-3-13(14)17(27)23-6-5-22-15-11-16(25-12-24-15)26-7-9-28-10-8-26/h1-4,11-12H,5-10H2,(H,23,27)(H,22,24,25). The smallest absolute Gasteiger partial charge is 0.378 e. The number of nitrogens with one attached hydrogen (secondary N) is 2. The summed E-state index contributed by atoms with van der Waals surface area (Å²) in [5, 5.41) is 5.52. The number of aromatic nitrogens is 2. The summed E-state index contributed by atoms with van der Waals surface area (Å²) >= 11 is 0. The van der Waals surface area contributed by atoms with Crippen molar-refractivity contribution >= 4 is 17.5 Å². The number of carbonyl (C=O) groups excluding carboxylic acids is 1. The second-order valence-corrected chi connectivity index (χ2v) is 6.09. The summed E-state index contributed by atoms with van der Waals surface area (Å²) in [6.45, 7) is 3.20. The third-order valence-corrected chi connectivity index (χ3v) is 4.18. The van der Waals surface area contributed by atoms with Gasteiger partial charge in [0.25, 0.3) is 5.91 Å². The van der Waals surface area contributed by atoms with Gasteiger partial charge in [-0.15, -0.1) is 0 Å². The molecule has 1 amide bonds. The van der Waals surface area contributed by atoms with E-state index < -0.39 is 23.2 Å². The zero-order valence-electron chi connectivity index (χ0n) is 15.0. The quantitative estimate of drug-likeness (QED) is 0.730. The summed E-state index contributed by atoms with van der Waals surface area (Å²) < 4.78 is 44.3. The van der Waals surface area contributed by atoms with Crippen LogP contribution >= 0.6 is 0 Å². The fourth-order valence-corrected chi connectivity index (χ4v) is 2.80. The van der Waals surface area contributed by atoms with Crippen molar-refractivity contribution in [3.8, 4) is 0 Å². The molecule has 1 saturated heterocycles. The van der Waals surface area contributed by atoms with Crippen LogP contribution < -0.4 is 15.5 Å². The summed E-state index contributed by atoms with van der Waals surface area (Å²) in [4.78, 5) is 22.5. The van der Waals surface area contributed by atoms with Crippen molar-refractivity contribution in [1.29, 1.82) is 0 Å². The first-order valence-electron chi connectivity index (χ1n) is 8.78. The molecule has 7 nitrogen and oxygen atoms in total. The third kappa shape index (κ3) is 5.10. The summed E-state index contributed by atoms with van der Waals surface area (Å²) in [5.41, 5.74) is -1.35. The first-order chi connectivity index (χ1) is 13.4. The minimum atomic E-state index is -4.58. The predicted molar refractivity (Wildman–Crippen MR) is 97.3 cm³/mol. The first kappa shape index (κ1) is 19.9. The van der Waals surface area contributed by atoms with Gasteiger partial charge in [-0.05, 0) is 12.1 Å². The minimum Gasteiger partial charge on any atom is -0.378 e. The Balaban J connectivity index is 1.52. The van der Waals surface area contributed by atoms with Gasteiger partial charge in [0.15, 0.2) is 0 Å². The number of alkyl halides is 3.